The van der Waals surface area contributed by atoms with Crippen molar-refractivity contribution in [2.45, 2.75) is 32.2 Å². The van der Waals surface area contributed by atoms with E-state index >= 15 is 0 Å². The molecule has 3 aromatic carbocycles. The average Bonchev–Trinajstić information content (AvgIpc) is 2.93. The number of benzene rings is 3. The van der Waals surface area contributed by atoms with Gasteiger partial charge in [0.1, 0.15) is 11.3 Å². The molecule has 45 heavy (non-hydrogen) atoms. The highest BCUT2D eigenvalue weighted by Gasteiger charge is 2.35. The second kappa shape index (κ2) is 13.2. The molecule has 8 nitrogen and oxygen atoms in total. The summed E-state index contributed by atoms with van der Waals surface area (Å²) in [6.45, 7) is 5.81. The van der Waals surface area contributed by atoms with Gasteiger partial charge in [0, 0.05) is 41.7 Å². The van der Waals surface area contributed by atoms with Gasteiger partial charge in [-0.15, -0.1) is 0 Å². The van der Waals surface area contributed by atoms with Crippen LogP contribution in [0.1, 0.15) is 45.6 Å². The fraction of sp³-hybridized carbons (Fsp3) is 0.194. The molecule has 1 aromatic heterocycles. The molecule has 5 N–H and O–H groups in total. The molecule has 0 bridgehead atoms. The molecule has 238 valence electrons. The molecule has 14 heteroatoms. The molecular weight excluding hydrogens is 608 g/mol. The normalized spacial score (nSPS) is 12.5. The number of aliphatic imine (C=N–C) groups is 1. The van der Waals surface area contributed by atoms with E-state index in [4.69, 9.17) is 15.3 Å². The topological polar surface area (TPSA) is 138 Å². The van der Waals surface area contributed by atoms with Gasteiger partial charge in [-0.25, -0.2) is 4.79 Å². The van der Waals surface area contributed by atoms with Crippen LogP contribution < -0.4 is 16.5 Å². The minimum atomic E-state index is -4.74. The molecule has 0 aliphatic carbocycles. The molecular formula is C31H27F6N3O5. The first-order valence-corrected chi connectivity index (χ1v) is 12.9. The van der Waals surface area contributed by atoms with Crippen molar-refractivity contribution in [3.8, 4) is 11.3 Å². The van der Waals surface area contributed by atoms with Crippen molar-refractivity contribution in [1.29, 1.82) is 0 Å². The van der Waals surface area contributed by atoms with Gasteiger partial charge < -0.3 is 25.7 Å². The van der Waals surface area contributed by atoms with Gasteiger partial charge in [0.25, 0.3) is 0 Å². The first-order chi connectivity index (χ1) is 20.8. The highest BCUT2D eigenvalue weighted by molar-refractivity contribution is 5.94. The Kier molecular flexibility index (Phi) is 10.0. The number of nitrogens with two attached hydrogens (primary N) is 1. The third-order valence-corrected chi connectivity index (χ3v) is 6.39. The third-order valence-electron chi connectivity index (χ3n) is 6.39. The molecule has 1 atom stereocenters. The van der Waals surface area contributed by atoms with Crippen LogP contribution in [0.2, 0.25) is 0 Å². The SMILES string of the molecule is C=C(O)C(F)(F)F.CN=Cc1cc(-c2cc(=O)c3cc(C)cc(C(C)Nc4ccccc4C(=O)O)c3o2)cc(C(F)(F)F)c1N. The van der Waals surface area contributed by atoms with E-state index in [1.54, 1.807) is 44.2 Å². The number of aryl methyl sites for hydroxylation is 1. The van der Waals surface area contributed by atoms with E-state index in [2.05, 4.69) is 16.9 Å². The Hall–Kier alpha value is -5.27. The van der Waals surface area contributed by atoms with Gasteiger partial charge in [0.2, 0.25) is 0 Å². The van der Waals surface area contributed by atoms with Crippen LogP contribution in [0.3, 0.4) is 0 Å². The number of hydrogen-bond acceptors (Lipinski definition) is 7. The van der Waals surface area contributed by atoms with E-state index in [0.29, 0.717) is 11.3 Å². The number of aliphatic hydroxyl groups excluding tert-OH is 1. The summed E-state index contributed by atoms with van der Waals surface area (Å²) in [4.78, 5) is 28.6. The van der Waals surface area contributed by atoms with Gasteiger partial charge in [0.05, 0.1) is 28.2 Å². The quantitative estimate of drug-likeness (QED) is 0.0731. The van der Waals surface area contributed by atoms with Crippen molar-refractivity contribution in [2.75, 3.05) is 18.1 Å². The molecule has 0 spiro atoms. The number of hydrogen-bond donors (Lipinski definition) is 4. The van der Waals surface area contributed by atoms with Crippen molar-refractivity contribution in [2.24, 2.45) is 4.99 Å². The van der Waals surface area contributed by atoms with Gasteiger partial charge in [-0.1, -0.05) is 24.8 Å². The lowest BCUT2D eigenvalue weighted by molar-refractivity contribution is -0.136. The van der Waals surface area contributed by atoms with Gasteiger partial charge in [0.15, 0.2) is 11.2 Å². The van der Waals surface area contributed by atoms with E-state index < -0.39 is 46.8 Å². The number of carbonyl (C=O) groups is 1. The van der Waals surface area contributed by atoms with Gasteiger partial charge in [-0.2, -0.15) is 26.3 Å². The van der Waals surface area contributed by atoms with E-state index in [-0.39, 0.29) is 33.4 Å². The summed E-state index contributed by atoms with van der Waals surface area (Å²) in [5.41, 5.74) is 5.66. The Bertz CT molecular complexity index is 1840. The smallest absolute Gasteiger partial charge is 0.448 e. The highest BCUT2D eigenvalue weighted by Crippen LogP contribution is 2.39. The van der Waals surface area contributed by atoms with Crippen molar-refractivity contribution in [1.82, 2.24) is 0 Å². The fourth-order valence-corrected chi connectivity index (χ4v) is 4.30. The predicted octanol–water partition coefficient (Wildman–Crippen LogP) is 7.91. The number of aromatic carboxylic acids is 1. The molecule has 4 rings (SSSR count). The number of para-hydroxylation sites is 1. The number of nitrogen functional groups attached to an aromatic ring is 1. The number of halogens is 6. The maximum atomic E-state index is 13.7. The van der Waals surface area contributed by atoms with E-state index in [0.717, 1.165) is 17.7 Å². The number of allylic oxidation sites excluding steroid dienone is 1. The number of anilines is 2. The second-order valence-corrected chi connectivity index (χ2v) is 9.78. The molecule has 0 fully saturated rings. The van der Waals surface area contributed by atoms with Crippen molar-refractivity contribution < 1.29 is 45.8 Å². The standard InChI is InChI=1S/C28H24F3N3O4.C3H3F3O/c1-14-8-19(15(2)34-22-7-5-4-6-18(22)27(36)37)26-20(9-14)23(35)12-24(38-26)16-10-17(13-33-3)25(32)21(11-16)28(29,30)31;1-2(7)3(4,5)6/h4-13,15,34H,32H2,1-3H3,(H,36,37);7H,1H2. The molecule has 0 aliphatic heterocycles. The number of aliphatic hydroxyl groups is 1. The first kappa shape index (κ1) is 34.2. The van der Waals surface area contributed by atoms with Crippen LogP contribution in [0, 0.1) is 6.92 Å². The van der Waals surface area contributed by atoms with Crippen LogP contribution in [-0.2, 0) is 6.18 Å². The monoisotopic (exact) mass is 635 g/mol. The zero-order valence-corrected chi connectivity index (χ0v) is 24.0. The highest BCUT2D eigenvalue weighted by atomic mass is 19.4. The van der Waals surface area contributed by atoms with E-state index in [9.17, 15) is 41.0 Å². The summed E-state index contributed by atoms with van der Waals surface area (Å²) in [7, 11) is 1.40. The largest absolute Gasteiger partial charge is 0.505 e. The summed E-state index contributed by atoms with van der Waals surface area (Å²) in [6.07, 6.45) is -8.18. The minimum Gasteiger partial charge on any atom is -0.505 e. The predicted molar refractivity (Wildman–Crippen MR) is 159 cm³/mol. The summed E-state index contributed by atoms with van der Waals surface area (Å²) >= 11 is 0. The van der Waals surface area contributed by atoms with Crippen molar-refractivity contribution in [3.05, 3.63) is 105 Å². The number of carboxylic acid groups (broad SMARTS) is 1. The lowest BCUT2D eigenvalue weighted by Crippen LogP contribution is -2.13. The Morgan fingerprint density at radius 3 is 2.24 bits per heavy atom. The number of nitrogens with one attached hydrogen (secondary N) is 1. The zero-order valence-electron chi connectivity index (χ0n) is 24.0. The van der Waals surface area contributed by atoms with Crippen LogP contribution in [-0.4, -0.2) is 35.6 Å². The molecule has 1 heterocycles. The lowest BCUT2D eigenvalue weighted by Gasteiger charge is -2.19. The first-order valence-electron chi connectivity index (χ1n) is 12.9. The Balaban J connectivity index is 0.000000707. The van der Waals surface area contributed by atoms with Crippen LogP contribution in [0.15, 0.2) is 81.1 Å². The number of nitrogens with zero attached hydrogens (tertiary/aromatic N) is 1. The molecule has 0 saturated carbocycles. The summed E-state index contributed by atoms with van der Waals surface area (Å²) in [5, 5.41) is 20.5. The summed E-state index contributed by atoms with van der Waals surface area (Å²) < 4.78 is 79.8. The molecule has 0 amide bonds. The van der Waals surface area contributed by atoms with Crippen LogP contribution in [0.5, 0.6) is 0 Å². The number of fused-ring (bicyclic) bond motifs is 1. The van der Waals surface area contributed by atoms with Crippen molar-refractivity contribution >= 4 is 34.5 Å². The second-order valence-electron chi connectivity index (χ2n) is 9.78. The molecule has 1 unspecified atom stereocenters. The number of alkyl halides is 6. The van der Waals surface area contributed by atoms with Crippen LogP contribution in [0.25, 0.3) is 22.3 Å². The maximum absolute atomic E-state index is 13.7. The Morgan fingerprint density at radius 1 is 1.07 bits per heavy atom. The number of carboxylic acids is 1. The van der Waals surface area contributed by atoms with E-state index in [1.165, 1.54) is 25.4 Å². The van der Waals surface area contributed by atoms with Gasteiger partial charge >= 0.3 is 18.3 Å². The molecule has 0 radical (unpaired) electrons. The Morgan fingerprint density at radius 2 is 1.69 bits per heavy atom. The summed E-state index contributed by atoms with van der Waals surface area (Å²) in [5.74, 6) is -2.95. The zero-order chi connectivity index (χ0) is 33.9. The van der Waals surface area contributed by atoms with E-state index in [1.807, 2.05) is 0 Å². The molecule has 0 saturated heterocycles. The summed E-state index contributed by atoms with van der Waals surface area (Å²) in [6, 6.07) is 12.6. The Labute approximate surface area is 252 Å². The average molecular weight is 636 g/mol. The van der Waals surface area contributed by atoms with Crippen molar-refractivity contribution in [3.63, 3.8) is 0 Å². The molecule has 0 aliphatic rings. The molecule has 4 aromatic rings. The number of rotatable bonds is 6. The fourth-order valence-electron chi connectivity index (χ4n) is 4.30. The van der Waals surface area contributed by atoms with Crippen LogP contribution in [0.4, 0.5) is 37.7 Å². The van der Waals surface area contributed by atoms with Gasteiger partial charge in [-0.3, -0.25) is 9.79 Å². The minimum absolute atomic E-state index is 0.00350. The van der Waals surface area contributed by atoms with Crippen LogP contribution >= 0.6 is 0 Å². The third kappa shape index (κ3) is 8.02. The lowest BCUT2D eigenvalue weighted by atomic mass is 9.98. The maximum Gasteiger partial charge on any atom is 0.448 e. The van der Waals surface area contributed by atoms with Gasteiger partial charge in [-0.05, 0) is 49.7 Å².